The van der Waals surface area contributed by atoms with Crippen molar-refractivity contribution in [3.8, 4) is 6.07 Å². The summed E-state index contributed by atoms with van der Waals surface area (Å²) in [5.41, 5.74) is 1.54. The fourth-order valence-corrected chi connectivity index (χ4v) is 3.15. The fourth-order valence-electron chi connectivity index (χ4n) is 3.02. The SMILES string of the molecule is CC1(C#N)N=C(c2ccc(Cl)cc2)CC1c1cccc([N+](=O)[O-])c1. The first kappa shape index (κ1) is 16.2. The van der Waals surface area contributed by atoms with Gasteiger partial charge in [0, 0.05) is 35.2 Å². The van der Waals surface area contributed by atoms with Crippen molar-refractivity contribution in [2.24, 2.45) is 4.99 Å². The molecule has 1 aliphatic heterocycles. The molecule has 2 unspecified atom stereocenters. The lowest BCUT2D eigenvalue weighted by Crippen LogP contribution is -2.24. The summed E-state index contributed by atoms with van der Waals surface area (Å²) in [5.74, 6) is -0.229. The standard InChI is InChI=1S/C18H14ClN3O2/c1-18(11-20)16(13-3-2-4-15(9-13)22(23)24)10-17(21-18)12-5-7-14(19)8-6-12/h2-9,16H,10H2,1H3. The molecular formula is C18H14ClN3O2. The van der Waals surface area contributed by atoms with Gasteiger partial charge in [-0.1, -0.05) is 35.9 Å². The van der Waals surface area contributed by atoms with E-state index >= 15 is 0 Å². The zero-order valence-electron chi connectivity index (χ0n) is 12.9. The van der Waals surface area contributed by atoms with E-state index in [9.17, 15) is 15.4 Å². The van der Waals surface area contributed by atoms with E-state index in [-0.39, 0.29) is 11.6 Å². The van der Waals surface area contributed by atoms with Gasteiger partial charge in [-0.2, -0.15) is 5.26 Å². The molecule has 1 aliphatic rings. The zero-order valence-corrected chi connectivity index (χ0v) is 13.7. The summed E-state index contributed by atoms with van der Waals surface area (Å²) >= 11 is 5.92. The topological polar surface area (TPSA) is 79.3 Å². The molecule has 0 amide bonds. The number of benzene rings is 2. The Morgan fingerprint density at radius 2 is 2.04 bits per heavy atom. The minimum Gasteiger partial charge on any atom is -0.267 e. The van der Waals surface area contributed by atoms with Crippen molar-refractivity contribution in [3.63, 3.8) is 0 Å². The number of nitrogens with zero attached hydrogens (tertiary/aromatic N) is 3. The molecule has 120 valence electrons. The minimum absolute atomic E-state index is 0.0210. The van der Waals surface area contributed by atoms with Crippen LogP contribution in [0.5, 0.6) is 0 Å². The first-order valence-electron chi connectivity index (χ1n) is 7.43. The lowest BCUT2D eigenvalue weighted by molar-refractivity contribution is -0.384. The maximum atomic E-state index is 11.0. The van der Waals surface area contributed by atoms with Gasteiger partial charge in [0.1, 0.15) is 0 Å². The van der Waals surface area contributed by atoms with Crippen molar-refractivity contribution >= 4 is 23.0 Å². The largest absolute Gasteiger partial charge is 0.269 e. The van der Waals surface area contributed by atoms with Crippen molar-refractivity contribution in [1.29, 1.82) is 5.26 Å². The second-order valence-corrected chi connectivity index (χ2v) is 6.37. The van der Waals surface area contributed by atoms with Gasteiger partial charge in [-0.3, -0.25) is 15.1 Å². The predicted octanol–water partition coefficient (Wildman–Crippen LogP) is 4.51. The minimum atomic E-state index is -0.954. The van der Waals surface area contributed by atoms with E-state index in [2.05, 4.69) is 11.1 Å². The maximum Gasteiger partial charge on any atom is 0.269 e. The van der Waals surface area contributed by atoms with Gasteiger partial charge in [0.2, 0.25) is 0 Å². The molecule has 0 saturated heterocycles. The van der Waals surface area contributed by atoms with Gasteiger partial charge in [-0.05, 0) is 30.2 Å². The van der Waals surface area contributed by atoms with Crippen LogP contribution in [0.25, 0.3) is 0 Å². The molecule has 0 spiro atoms. The van der Waals surface area contributed by atoms with Crippen LogP contribution in [0.3, 0.4) is 0 Å². The van der Waals surface area contributed by atoms with E-state index in [0.29, 0.717) is 11.4 Å². The van der Waals surface area contributed by atoms with Gasteiger partial charge in [0.05, 0.1) is 11.0 Å². The summed E-state index contributed by atoms with van der Waals surface area (Å²) in [4.78, 5) is 15.2. The number of hydrogen-bond acceptors (Lipinski definition) is 4. The Balaban J connectivity index is 1.99. The van der Waals surface area contributed by atoms with Crippen LogP contribution in [-0.2, 0) is 0 Å². The van der Waals surface area contributed by atoms with E-state index in [1.165, 1.54) is 12.1 Å². The Morgan fingerprint density at radius 3 is 2.67 bits per heavy atom. The van der Waals surface area contributed by atoms with Crippen LogP contribution in [0, 0.1) is 21.4 Å². The van der Waals surface area contributed by atoms with Crippen LogP contribution in [0.2, 0.25) is 5.02 Å². The number of rotatable bonds is 3. The average Bonchev–Trinajstić information content (AvgIpc) is 2.94. The molecule has 0 aliphatic carbocycles. The molecule has 0 aromatic heterocycles. The van der Waals surface area contributed by atoms with Crippen molar-refractivity contribution < 1.29 is 4.92 Å². The second kappa shape index (κ2) is 6.06. The summed E-state index contributed by atoms with van der Waals surface area (Å²) in [6.45, 7) is 1.76. The molecule has 0 saturated carbocycles. The molecule has 0 N–H and O–H groups in total. The van der Waals surface area contributed by atoms with E-state index < -0.39 is 10.5 Å². The highest BCUT2D eigenvalue weighted by molar-refractivity contribution is 6.30. The first-order chi connectivity index (χ1) is 11.4. The third-order valence-electron chi connectivity index (χ3n) is 4.33. The molecule has 2 aromatic carbocycles. The highest BCUT2D eigenvalue weighted by Gasteiger charge is 2.42. The van der Waals surface area contributed by atoms with Crippen LogP contribution in [0.1, 0.15) is 30.4 Å². The lowest BCUT2D eigenvalue weighted by Gasteiger charge is -2.21. The number of non-ortho nitro benzene ring substituents is 1. The molecule has 0 bridgehead atoms. The molecule has 0 radical (unpaired) electrons. The van der Waals surface area contributed by atoms with E-state index in [1.807, 2.05) is 18.2 Å². The number of nitro groups is 1. The predicted molar refractivity (Wildman–Crippen MR) is 92.5 cm³/mol. The molecule has 3 rings (SSSR count). The highest BCUT2D eigenvalue weighted by atomic mass is 35.5. The molecule has 5 nitrogen and oxygen atoms in total. The molecule has 2 atom stereocenters. The quantitative estimate of drug-likeness (QED) is 0.609. The van der Waals surface area contributed by atoms with Gasteiger partial charge in [0.25, 0.3) is 5.69 Å². The van der Waals surface area contributed by atoms with E-state index in [1.54, 1.807) is 25.1 Å². The molecule has 24 heavy (non-hydrogen) atoms. The third-order valence-corrected chi connectivity index (χ3v) is 4.58. The lowest BCUT2D eigenvalue weighted by atomic mass is 9.81. The molecule has 1 heterocycles. The third kappa shape index (κ3) is 2.89. The second-order valence-electron chi connectivity index (χ2n) is 5.93. The van der Waals surface area contributed by atoms with Crippen LogP contribution in [-0.4, -0.2) is 16.2 Å². The van der Waals surface area contributed by atoms with Gasteiger partial charge >= 0.3 is 0 Å². The molecule has 6 heteroatoms. The maximum absolute atomic E-state index is 11.0. The number of nitro benzene ring substituents is 1. The highest BCUT2D eigenvalue weighted by Crippen LogP contribution is 2.41. The summed E-state index contributed by atoms with van der Waals surface area (Å²) < 4.78 is 0. The Morgan fingerprint density at radius 1 is 1.33 bits per heavy atom. The van der Waals surface area contributed by atoms with Crippen LogP contribution >= 0.6 is 11.6 Å². The zero-order chi connectivity index (χ0) is 17.3. The van der Waals surface area contributed by atoms with Gasteiger partial charge in [-0.25, -0.2) is 0 Å². The van der Waals surface area contributed by atoms with Crippen molar-refractivity contribution in [3.05, 3.63) is 74.8 Å². The van der Waals surface area contributed by atoms with E-state index in [0.717, 1.165) is 16.8 Å². The van der Waals surface area contributed by atoms with Gasteiger partial charge in [0.15, 0.2) is 5.54 Å². The number of aliphatic imine (C=N–C) groups is 1. The Hall–Kier alpha value is -2.71. The van der Waals surface area contributed by atoms with Crippen LogP contribution in [0.15, 0.2) is 53.5 Å². The fraction of sp³-hybridized carbons (Fsp3) is 0.222. The van der Waals surface area contributed by atoms with Gasteiger partial charge in [-0.15, -0.1) is 0 Å². The summed E-state index contributed by atoms with van der Waals surface area (Å²) in [6.07, 6.45) is 0.548. The normalized spacial score (nSPS) is 22.7. The summed E-state index contributed by atoms with van der Waals surface area (Å²) in [6, 6.07) is 16.0. The Kier molecular flexibility index (Phi) is 4.08. The number of nitriles is 1. The first-order valence-corrected chi connectivity index (χ1v) is 7.81. The van der Waals surface area contributed by atoms with Crippen LogP contribution < -0.4 is 0 Å². The molecular weight excluding hydrogens is 326 g/mol. The number of halogens is 1. The number of hydrogen-bond donors (Lipinski definition) is 0. The monoisotopic (exact) mass is 339 g/mol. The van der Waals surface area contributed by atoms with Crippen molar-refractivity contribution in [2.45, 2.75) is 24.8 Å². The van der Waals surface area contributed by atoms with Crippen LogP contribution in [0.4, 0.5) is 5.69 Å². The van der Waals surface area contributed by atoms with Crippen molar-refractivity contribution in [2.75, 3.05) is 0 Å². The average molecular weight is 340 g/mol. The Bertz CT molecular complexity index is 871. The van der Waals surface area contributed by atoms with Crippen molar-refractivity contribution in [1.82, 2.24) is 0 Å². The summed E-state index contributed by atoms with van der Waals surface area (Å²) in [7, 11) is 0. The smallest absolute Gasteiger partial charge is 0.267 e. The molecule has 2 aromatic rings. The van der Waals surface area contributed by atoms with E-state index in [4.69, 9.17) is 11.6 Å². The Labute approximate surface area is 144 Å². The summed E-state index contributed by atoms with van der Waals surface area (Å²) in [5, 5.41) is 21.3. The molecule has 0 fully saturated rings. The van der Waals surface area contributed by atoms with Gasteiger partial charge < -0.3 is 0 Å².